The summed E-state index contributed by atoms with van der Waals surface area (Å²) in [4.78, 5) is 40.3. The van der Waals surface area contributed by atoms with Crippen molar-refractivity contribution in [2.45, 2.75) is 44.5 Å². The molecule has 11 nitrogen and oxygen atoms in total. The molecule has 1 aromatic carbocycles. The maximum absolute atomic E-state index is 13.1. The Morgan fingerprint density at radius 1 is 1.09 bits per heavy atom. The Kier molecular flexibility index (Phi) is 10.3. The third-order valence-corrected chi connectivity index (χ3v) is 9.09. The van der Waals surface area contributed by atoms with Crippen LogP contribution < -0.4 is 20.7 Å². The van der Waals surface area contributed by atoms with Gasteiger partial charge in [0, 0.05) is 74.3 Å². The van der Waals surface area contributed by atoms with Gasteiger partial charge >= 0.3 is 0 Å². The number of carbonyl (C=O) groups excluding carboxylic acids is 2. The lowest BCUT2D eigenvalue weighted by molar-refractivity contribution is -0.119. The van der Waals surface area contributed by atoms with E-state index in [0.717, 1.165) is 30.5 Å². The first-order chi connectivity index (χ1) is 22.8. The molecule has 2 amide bonds. The number of benzene rings is 1. The van der Waals surface area contributed by atoms with Crippen molar-refractivity contribution in [1.82, 2.24) is 30.5 Å². The number of carbonyl (C=O) groups is 2. The number of amides is 2. The number of hydrogen-bond acceptors (Lipinski definition) is 9. The van der Waals surface area contributed by atoms with E-state index in [1.807, 2.05) is 18.2 Å². The summed E-state index contributed by atoms with van der Waals surface area (Å²) >= 11 is 13.8. The van der Waals surface area contributed by atoms with Gasteiger partial charge in [-0.05, 0) is 42.7 Å². The largest absolute Gasteiger partial charge is 0.481 e. The summed E-state index contributed by atoms with van der Waals surface area (Å²) in [6.07, 6.45) is 5.16. The first kappa shape index (κ1) is 32.8. The fraction of sp³-hybridized carbons (Fsp3) is 0.324. The van der Waals surface area contributed by atoms with Crippen molar-refractivity contribution in [2.75, 3.05) is 32.1 Å². The molecule has 0 saturated carbocycles. The summed E-state index contributed by atoms with van der Waals surface area (Å²) in [5.74, 6) is 0.139. The van der Waals surface area contributed by atoms with Crippen LogP contribution in [0.25, 0.3) is 22.5 Å². The van der Waals surface area contributed by atoms with Gasteiger partial charge in [-0.3, -0.25) is 24.5 Å². The number of nitrogens with zero attached hydrogens (tertiary/aromatic N) is 4. The fourth-order valence-corrected chi connectivity index (χ4v) is 6.41. The number of methoxy groups -OCH3 is 1. The highest BCUT2D eigenvalue weighted by Crippen LogP contribution is 2.40. The van der Waals surface area contributed by atoms with E-state index in [4.69, 9.17) is 32.9 Å². The average Bonchev–Trinajstić information content (AvgIpc) is 3.69. The maximum atomic E-state index is 13.1. The lowest BCUT2D eigenvalue weighted by Gasteiger charge is -2.15. The van der Waals surface area contributed by atoms with Gasteiger partial charge in [-0.15, -0.1) is 0 Å². The maximum Gasteiger partial charge on any atom is 0.274 e. The highest BCUT2D eigenvalue weighted by Gasteiger charge is 2.22. The molecule has 6 rings (SSSR count). The Bertz CT molecular complexity index is 1770. The number of ether oxygens (including phenoxy) is 1. The van der Waals surface area contributed by atoms with Crippen LogP contribution in [0.3, 0.4) is 0 Å². The summed E-state index contributed by atoms with van der Waals surface area (Å²) in [7, 11) is 1.57. The van der Waals surface area contributed by atoms with Crippen molar-refractivity contribution in [1.29, 1.82) is 0 Å². The zero-order chi connectivity index (χ0) is 32.9. The molecule has 0 aliphatic carbocycles. The Morgan fingerprint density at radius 2 is 1.96 bits per heavy atom. The van der Waals surface area contributed by atoms with E-state index in [0.29, 0.717) is 71.7 Å². The summed E-state index contributed by atoms with van der Waals surface area (Å²) in [6.45, 7) is 3.31. The van der Waals surface area contributed by atoms with Crippen LogP contribution in [0.1, 0.15) is 40.9 Å². The molecule has 0 bridgehead atoms. The van der Waals surface area contributed by atoms with E-state index in [-0.39, 0.29) is 28.8 Å². The van der Waals surface area contributed by atoms with Crippen molar-refractivity contribution >= 4 is 40.7 Å². The number of nitrogens with one attached hydrogen (secondary N) is 3. The first-order valence-electron chi connectivity index (χ1n) is 15.4. The minimum atomic E-state index is -0.404. The number of β-amino-alcohol motifs (C(OH)–C–C–N with tert-alkyl or cyclic N) is 1. The second-order valence-electron chi connectivity index (χ2n) is 11.7. The topological polar surface area (TPSA) is 142 Å². The zero-order valence-electron chi connectivity index (χ0n) is 25.8. The SMILES string of the molecule is COc1nc(-c2ccnc(-c3cccc(NC(=O)c4ccc(CN5CC[C@H](O)C5)cn4)c3Cl)c2Cl)ccc1CNC[C@@H]1CCC(=O)N1. The molecule has 4 aromatic rings. The van der Waals surface area contributed by atoms with Crippen molar-refractivity contribution in [3.8, 4) is 28.4 Å². The molecule has 2 atom stereocenters. The molecule has 2 fully saturated rings. The molecular formula is C34H35Cl2N7O4. The number of aliphatic hydroxyl groups is 1. The summed E-state index contributed by atoms with van der Waals surface area (Å²) < 4.78 is 5.59. The Balaban J connectivity index is 1.16. The lowest BCUT2D eigenvalue weighted by Crippen LogP contribution is -2.35. The first-order valence-corrected chi connectivity index (χ1v) is 16.2. The van der Waals surface area contributed by atoms with Gasteiger partial charge in [0.15, 0.2) is 0 Å². The lowest BCUT2D eigenvalue weighted by atomic mass is 10.1. The number of rotatable bonds is 11. The van der Waals surface area contributed by atoms with Crippen molar-refractivity contribution in [3.63, 3.8) is 0 Å². The summed E-state index contributed by atoms with van der Waals surface area (Å²) in [6, 6.07) is 14.5. The molecule has 47 heavy (non-hydrogen) atoms. The van der Waals surface area contributed by atoms with E-state index >= 15 is 0 Å². The van der Waals surface area contributed by atoms with Crippen LogP contribution in [0.5, 0.6) is 5.88 Å². The normalized spacial score (nSPS) is 17.9. The average molecular weight is 677 g/mol. The second-order valence-corrected chi connectivity index (χ2v) is 12.4. The standard InChI is InChI=1S/C34H35Cl2N7O4/c1-47-34-21(16-37-17-22-7-10-29(45)40-22)6-9-26(42-34)24-11-13-38-32(31(24)36)25-3-2-4-27(30(25)35)41-33(46)28-8-5-20(15-39-28)18-43-14-12-23(44)19-43/h2-6,8-9,11,13,15,22-23,37,44H,7,10,12,14,16-19H2,1H3,(H,40,45)(H,41,46)/t22-,23-/m0/s1. The van der Waals surface area contributed by atoms with E-state index in [1.54, 1.807) is 49.8 Å². The zero-order valence-corrected chi connectivity index (χ0v) is 27.3. The van der Waals surface area contributed by atoms with Crippen LogP contribution in [-0.2, 0) is 17.9 Å². The molecule has 5 heterocycles. The van der Waals surface area contributed by atoms with Gasteiger partial charge in [0.05, 0.1) is 40.3 Å². The predicted molar refractivity (Wildman–Crippen MR) is 180 cm³/mol. The van der Waals surface area contributed by atoms with Crippen molar-refractivity contribution in [3.05, 3.63) is 87.8 Å². The number of halogens is 2. The quantitative estimate of drug-likeness (QED) is 0.178. The highest BCUT2D eigenvalue weighted by molar-refractivity contribution is 6.39. The van der Waals surface area contributed by atoms with E-state index < -0.39 is 5.91 Å². The van der Waals surface area contributed by atoms with Gasteiger partial charge < -0.3 is 25.8 Å². The van der Waals surface area contributed by atoms with Gasteiger partial charge in [-0.25, -0.2) is 4.98 Å². The number of likely N-dealkylation sites (tertiary alicyclic amines) is 1. The van der Waals surface area contributed by atoms with Crippen LogP contribution in [-0.4, -0.2) is 75.7 Å². The highest BCUT2D eigenvalue weighted by atomic mass is 35.5. The number of aromatic nitrogens is 3. The van der Waals surface area contributed by atoms with E-state index in [2.05, 4.69) is 30.8 Å². The summed E-state index contributed by atoms with van der Waals surface area (Å²) in [5, 5.41) is 19.6. The van der Waals surface area contributed by atoms with Crippen LogP contribution in [0.2, 0.25) is 10.0 Å². The molecule has 244 valence electrons. The Labute approximate surface area is 282 Å². The molecule has 2 aliphatic rings. The van der Waals surface area contributed by atoms with Crippen molar-refractivity contribution < 1.29 is 19.4 Å². The molecule has 0 unspecified atom stereocenters. The van der Waals surface area contributed by atoms with Crippen LogP contribution in [0, 0.1) is 0 Å². The van der Waals surface area contributed by atoms with Gasteiger partial charge in [-0.2, -0.15) is 0 Å². The fourth-order valence-electron chi connectivity index (χ4n) is 5.84. The molecule has 0 spiro atoms. The third-order valence-electron chi connectivity index (χ3n) is 8.30. The molecule has 4 N–H and O–H groups in total. The number of aliphatic hydroxyl groups excluding tert-OH is 1. The minimum absolute atomic E-state index is 0.0849. The monoisotopic (exact) mass is 675 g/mol. The minimum Gasteiger partial charge on any atom is -0.481 e. The van der Waals surface area contributed by atoms with Gasteiger partial charge in [-0.1, -0.05) is 47.5 Å². The molecule has 3 aromatic heterocycles. The smallest absolute Gasteiger partial charge is 0.274 e. The molecule has 2 saturated heterocycles. The predicted octanol–water partition coefficient (Wildman–Crippen LogP) is 4.71. The Hall–Kier alpha value is -4.13. The van der Waals surface area contributed by atoms with Crippen LogP contribution in [0.4, 0.5) is 5.69 Å². The molecule has 0 radical (unpaired) electrons. The van der Waals surface area contributed by atoms with Gasteiger partial charge in [0.1, 0.15) is 5.69 Å². The molecule has 2 aliphatic heterocycles. The third kappa shape index (κ3) is 7.72. The second kappa shape index (κ2) is 14.7. The van der Waals surface area contributed by atoms with Gasteiger partial charge in [0.25, 0.3) is 5.91 Å². The van der Waals surface area contributed by atoms with E-state index in [9.17, 15) is 14.7 Å². The van der Waals surface area contributed by atoms with Crippen LogP contribution >= 0.6 is 23.2 Å². The summed E-state index contributed by atoms with van der Waals surface area (Å²) in [5.41, 5.74) is 4.68. The van der Waals surface area contributed by atoms with Crippen LogP contribution in [0.15, 0.2) is 60.9 Å². The molecular weight excluding hydrogens is 641 g/mol. The number of pyridine rings is 3. The number of hydrogen-bond donors (Lipinski definition) is 4. The van der Waals surface area contributed by atoms with Gasteiger partial charge in [0.2, 0.25) is 11.8 Å². The Morgan fingerprint density at radius 3 is 2.68 bits per heavy atom. The van der Waals surface area contributed by atoms with E-state index in [1.165, 1.54) is 0 Å². The number of anilines is 1. The molecule has 13 heteroatoms. The van der Waals surface area contributed by atoms with Crippen molar-refractivity contribution in [2.24, 2.45) is 0 Å².